The number of nitrogens with zero attached hydrogens (tertiary/aromatic N) is 1. The molecule has 0 heterocycles. The number of nitro benzene ring substituents is 1. The van der Waals surface area contributed by atoms with E-state index in [1.807, 2.05) is 6.07 Å². The van der Waals surface area contributed by atoms with Gasteiger partial charge >= 0.3 is 6.09 Å². The highest BCUT2D eigenvalue weighted by molar-refractivity contribution is 5.67. The van der Waals surface area contributed by atoms with Gasteiger partial charge in [0.15, 0.2) is 5.82 Å². The number of rotatable bonds is 7. The Hall–Kier alpha value is -3.24. The van der Waals surface area contributed by atoms with Gasteiger partial charge in [-0.3, -0.25) is 10.1 Å². The van der Waals surface area contributed by atoms with E-state index in [9.17, 15) is 29.5 Å². The molecule has 0 saturated heterocycles. The maximum atomic E-state index is 13.7. The molecule has 0 fully saturated rings. The highest BCUT2D eigenvalue weighted by Gasteiger charge is 2.25. The van der Waals surface area contributed by atoms with Crippen LogP contribution >= 0.6 is 0 Å². The van der Waals surface area contributed by atoms with Gasteiger partial charge in [0, 0.05) is 18.2 Å². The van der Waals surface area contributed by atoms with Crippen LogP contribution < -0.4 is 11.1 Å². The quantitative estimate of drug-likeness (QED) is 0.325. The fourth-order valence-electron chi connectivity index (χ4n) is 2.26. The predicted octanol–water partition coefficient (Wildman–Crippen LogP) is 1.64. The molecule has 27 heavy (non-hydrogen) atoms. The first kappa shape index (κ1) is 20.1. The summed E-state index contributed by atoms with van der Waals surface area (Å²) >= 11 is 0. The van der Waals surface area contributed by atoms with E-state index in [1.54, 1.807) is 24.3 Å². The van der Waals surface area contributed by atoms with Crippen LogP contribution in [0.15, 0.2) is 42.5 Å². The largest absolute Gasteiger partial charge is 0.445 e. The summed E-state index contributed by atoms with van der Waals surface area (Å²) in [5.74, 6) is -1.10. The molecule has 0 spiro atoms. The molecule has 1 amide bonds. The first-order chi connectivity index (χ1) is 12.8. The maximum absolute atomic E-state index is 13.7. The number of hydrogen-bond donors (Lipinski definition) is 4. The molecule has 0 aliphatic rings. The van der Waals surface area contributed by atoms with Gasteiger partial charge in [0.2, 0.25) is 0 Å². The number of nitrogens with one attached hydrogen (secondary N) is 1. The van der Waals surface area contributed by atoms with E-state index in [-0.39, 0.29) is 12.2 Å². The Morgan fingerprint density at radius 3 is 2.59 bits per heavy atom. The summed E-state index contributed by atoms with van der Waals surface area (Å²) in [7, 11) is 0. The second-order valence-corrected chi connectivity index (χ2v) is 5.64. The van der Waals surface area contributed by atoms with Gasteiger partial charge in [0.25, 0.3) is 5.69 Å². The number of alkyl carbamates (subject to hydrolysis) is 1. The molecule has 2 atom stereocenters. The van der Waals surface area contributed by atoms with Gasteiger partial charge in [-0.05, 0) is 5.56 Å². The minimum atomic E-state index is -1.76. The van der Waals surface area contributed by atoms with Crippen molar-refractivity contribution in [2.24, 2.45) is 0 Å². The van der Waals surface area contributed by atoms with Crippen LogP contribution in [0, 0.1) is 15.9 Å². The number of halogens is 1. The number of carbonyl (C=O) groups is 1. The van der Waals surface area contributed by atoms with Crippen molar-refractivity contribution in [2.45, 2.75) is 18.8 Å². The molecule has 2 unspecified atom stereocenters. The van der Waals surface area contributed by atoms with Crippen LogP contribution in [-0.2, 0) is 11.3 Å². The van der Waals surface area contributed by atoms with E-state index < -0.39 is 47.0 Å². The number of non-ortho nitro benzene ring substituents is 1. The summed E-state index contributed by atoms with van der Waals surface area (Å²) < 4.78 is 18.6. The van der Waals surface area contributed by atoms with Gasteiger partial charge in [-0.1, -0.05) is 30.3 Å². The summed E-state index contributed by atoms with van der Waals surface area (Å²) in [4.78, 5) is 21.6. The summed E-state index contributed by atoms with van der Waals surface area (Å²) in [6.07, 6.45) is -4.20. The summed E-state index contributed by atoms with van der Waals surface area (Å²) in [6.45, 7) is -0.438. The van der Waals surface area contributed by atoms with Crippen molar-refractivity contribution in [3.8, 4) is 0 Å². The second-order valence-electron chi connectivity index (χ2n) is 5.64. The molecule has 0 aromatic heterocycles. The number of amides is 1. The van der Waals surface area contributed by atoms with Crippen molar-refractivity contribution in [1.29, 1.82) is 0 Å². The molecule has 5 N–H and O–H groups in total. The van der Waals surface area contributed by atoms with Crippen molar-refractivity contribution >= 4 is 17.5 Å². The molecular formula is C17H18FN3O6. The van der Waals surface area contributed by atoms with E-state index in [0.29, 0.717) is 6.07 Å². The lowest BCUT2D eigenvalue weighted by Gasteiger charge is -2.20. The molecule has 0 bridgehead atoms. The van der Waals surface area contributed by atoms with Crippen LogP contribution in [0.25, 0.3) is 0 Å². The maximum Gasteiger partial charge on any atom is 0.407 e. The third-order valence-corrected chi connectivity index (χ3v) is 3.71. The summed E-state index contributed by atoms with van der Waals surface area (Å²) in [6, 6.07) is 10.3. The standard InChI is InChI=1S/C17H18FN3O6/c18-13-7-11(21(25)26)6-12(15(13)19)16(23)14(22)8-20-17(24)27-9-10-4-2-1-3-5-10/h1-7,14,16,22-23H,8-9,19H2,(H,20,24). The average molecular weight is 379 g/mol. The Morgan fingerprint density at radius 1 is 1.30 bits per heavy atom. The van der Waals surface area contributed by atoms with Crippen LogP contribution in [0.4, 0.5) is 20.6 Å². The fraction of sp³-hybridized carbons (Fsp3) is 0.235. The van der Waals surface area contributed by atoms with Crippen LogP contribution in [-0.4, -0.2) is 33.9 Å². The van der Waals surface area contributed by atoms with Crippen molar-refractivity contribution in [3.63, 3.8) is 0 Å². The Bertz CT molecular complexity index is 818. The average Bonchev–Trinajstić information content (AvgIpc) is 2.66. The van der Waals surface area contributed by atoms with Gasteiger partial charge in [0.1, 0.15) is 18.8 Å². The lowest BCUT2D eigenvalue weighted by atomic mass is 10.0. The fourth-order valence-corrected chi connectivity index (χ4v) is 2.26. The molecular weight excluding hydrogens is 361 g/mol. The van der Waals surface area contributed by atoms with Gasteiger partial charge < -0.3 is 26.0 Å². The lowest BCUT2D eigenvalue weighted by molar-refractivity contribution is -0.385. The van der Waals surface area contributed by atoms with E-state index in [2.05, 4.69) is 5.32 Å². The van der Waals surface area contributed by atoms with E-state index in [4.69, 9.17) is 10.5 Å². The molecule has 0 saturated carbocycles. The highest BCUT2D eigenvalue weighted by Crippen LogP contribution is 2.30. The highest BCUT2D eigenvalue weighted by atomic mass is 19.1. The number of nitrogen functional groups attached to an aromatic ring is 1. The van der Waals surface area contributed by atoms with Crippen LogP contribution in [0.2, 0.25) is 0 Å². The van der Waals surface area contributed by atoms with Crippen molar-refractivity contribution in [1.82, 2.24) is 5.32 Å². The third-order valence-electron chi connectivity index (χ3n) is 3.71. The van der Waals surface area contributed by atoms with E-state index >= 15 is 0 Å². The smallest absolute Gasteiger partial charge is 0.407 e. The molecule has 2 rings (SSSR count). The number of carbonyl (C=O) groups excluding carboxylic acids is 1. The first-order valence-electron chi connectivity index (χ1n) is 7.83. The molecule has 2 aromatic rings. The summed E-state index contributed by atoms with van der Waals surface area (Å²) in [5.41, 5.74) is 4.73. The van der Waals surface area contributed by atoms with E-state index in [1.165, 1.54) is 0 Å². The van der Waals surface area contributed by atoms with Crippen molar-refractivity contribution in [2.75, 3.05) is 12.3 Å². The number of nitrogens with two attached hydrogens (primary N) is 1. The minimum Gasteiger partial charge on any atom is -0.445 e. The molecule has 2 aromatic carbocycles. The Balaban J connectivity index is 1.94. The summed E-state index contributed by atoms with van der Waals surface area (Å²) in [5, 5.41) is 33.1. The number of nitro groups is 1. The molecule has 0 aliphatic heterocycles. The SMILES string of the molecule is Nc1c(F)cc([N+](=O)[O-])cc1C(O)C(O)CNC(=O)OCc1ccccc1. The molecule has 10 heteroatoms. The lowest BCUT2D eigenvalue weighted by Crippen LogP contribution is -2.36. The number of hydrogen-bond acceptors (Lipinski definition) is 7. The van der Waals surface area contributed by atoms with Gasteiger partial charge in [-0.25, -0.2) is 9.18 Å². The minimum absolute atomic E-state index is 0.00830. The van der Waals surface area contributed by atoms with E-state index in [0.717, 1.165) is 11.6 Å². The number of aliphatic hydroxyl groups is 2. The van der Waals surface area contributed by atoms with Crippen LogP contribution in [0.1, 0.15) is 17.2 Å². The number of aliphatic hydroxyl groups excluding tert-OH is 2. The van der Waals surface area contributed by atoms with Gasteiger partial charge in [0.05, 0.1) is 16.7 Å². The Morgan fingerprint density at radius 2 is 1.96 bits per heavy atom. The number of ether oxygens (including phenoxy) is 1. The predicted molar refractivity (Wildman–Crippen MR) is 93.1 cm³/mol. The van der Waals surface area contributed by atoms with Crippen LogP contribution in [0.5, 0.6) is 0 Å². The monoisotopic (exact) mass is 379 g/mol. The first-order valence-corrected chi connectivity index (χ1v) is 7.83. The van der Waals surface area contributed by atoms with Gasteiger partial charge in [-0.2, -0.15) is 0 Å². The Kier molecular flexibility index (Phi) is 6.63. The van der Waals surface area contributed by atoms with Gasteiger partial charge in [-0.15, -0.1) is 0 Å². The Labute approximate surface area is 153 Å². The second kappa shape index (κ2) is 8.92. The molecule has 9 nitrogen and oxygen atoms in total. The van der Waals surface area contributed by atoms with Crippen molar-refractivity contribution in [3.05, 3.63) is 69.5 Å². The zero-order valence-corrected chi connectivity index (χ0v) is 14.0. The topological polar surface area (TPSA) is 148 Å². The van der Waals surface area contributed by atoms with Crippen molar-refractivity contribution < 1.29 is 29.1 Å². The normalized spacial score (nSPS) is 12.9. The zero-order chi connectivity index (χ0) is 20.0. The molecule has 0 aliphatic carbocycles. The zero-order valence-electron chi connectivity index (χ0n) is 14.0. The number of anilines is 1. The van der Waals surface area contributed by atoms with Crippen LogP contribution in [0.3, 0.4) is 0 Å². The molecule has 144 valence electrons. The third kappa shape index (κ3) is 5.36. The molecule has 0 radical (unpaired) electrons. The number of benzene rings is 2.